The summed E-state index contributed by atoms with van der Waals surface area (Å²) in [4.78, 5) is 14.8. The Labute approximate surface area is 172 Å². The average molecular weight is 389 g/mol. The van der Waals surface area contributed by atoms with Gasteiger partial charge < -0.3 is 9.47 Å². The second-order valence-corrected chi connectivity index (χ2v) is 7.09. The molecule has 4 nitrogen and oxygen atoms in total. The molecule has 1 unspecified atom stereocenters. The van der Waals surface area contributed by atoms with Gasteiger partial charge in [-0.2, -0.15) is 0 Å². The maximum atomic E-state index is 12.5. The Kier molecular flexibility index (Phi) is 7.42. The number of methoxy groups -OCH3 is 1. The lowest BCUT2D eigenvalue weighted by atomic mass is 10.1. The molecule has 0 aliphatic rings. The number of esters is 1. The molecule has 0 aliphatic heterocycles. The molecule has 150 valence electrons. The van der Waals surface area contributed by atoms with Crippen molar-refractivity contribution in [1.29, 1.82) is 0 Å². The quantitative estimate of drug-likeness (QED) is 0.486. The van der Waals surface area contributed by atoms with Crippen LogP contribution >= 0.6 is 0 Å². The number of nitrogens with zero attached hydrogens (tertiary/aromatic N) is 1. The SMILES string of the molecule is COc1cccc(C(=O)OC(C)CN(Cc2ccccc2)Cc2ccccc2)c1. The third-order valence-corrected chi connectivity index (χ3v) is 4.63. The van der Waals surface area contributed by atoms with Crippen LogP contribution in [0.25, 0.3) is 0 Å². The fourth-order valence-corrected chi connectivity index (χ4v) is 3.27. The molecule has 4 heteroatoms. The number of hydrogen-bond donors (Lipinski definition) is 0. The highest BCUT2D eigenvalue weighted by molar-refractivity contribution is 5.89. The van der Waals surface area contributed by atoms with Crippen LogP contribution in [0.2, 0.25) is 0 Å². The lowest BCUT2D eigenvalue weighted by Crippen LogP contribution is -2.33. The van der Waals surface area contributed by atoms with Gasteiger partial charge in [0.05, 0.1) is 12.7 Å². The first-order valence-corrected chi connectivity index (χ1v) is 9.79. The number of hydrogen-bond acceptors (Lipinski definition) is 4. The van der Waals surface area contributed by atoms with Crippen molar-refractivity contribution in [2.24, 2.45) is 0 Å². The van der Waals surface area contributed by atoms with Crippen LogP contribution < -0.4 is 4.74 Å². The van der Waals surface area contributed by atoms with Gasteiger partial charge in [0, 0.05) is 19.6 Å². The maximum absolute atomic E-state index is 12.5. The summed E-state index contributed by atoms with van der Waals surface area (Å²) in [6, 6.07) is 27.7. The second kappa shape index (κ2) is 10.4. The smallest absolute Gasteiger partial charge is 0.338 e. The first-order valence-electron chi connectivity index (χ1n) is 9.79. The molecule has 0 aromatic heterocycles. The molecular formula is C25H27NO3. The van der Waals surface area contributed by atoms with Crippen molar-refractivity contribution in [3.8, 4) is 5.75 Å². The molecule has 0 radical (unpaired) electrons. The number of rotatable bonds is 9. The summed E-state index contributed by atoms with van der Waals surface area (Å²) in [7, 11) is 1.58. The van der Waals surface area contributed by atoms with Gasteiger partial charge in [0.2, 0.25) is 0 Å². The number of benzene rings is 3. The number of carbonyl (C=O) groups excluding carboxylic acids is 1. The summed E-state index contributed by atoms with van der Waals surface area (Å²) in [6.45, 7) is 4.15. The molecule has 0 bridgehead atoms. The second-order valence-electron chi connectivity index (χ2n) is 7.09. The highest BCUT2D eigenvalue weighted by Gasteiger charge is 2.17. The van der Waals surface area contributed by atoms with Crippen LogP contribution in [0.4, 0.5) is 0 Å². The molecule has 29 heavy (non-hydrogen) atoms. The highest BCUT2D eigenvalue weighted by Crippen LogP contribution is 2.16. The van der Waals surface area contributed by atoms with Crippen LogP contribution in [-0.2, 0) is 17.8 Å². The Morgan fingerprint density at radius 2 is 1.45 bits per heavy atom. The predicted octanol–water partition coefficient (Wildman–Crippen LogP) is 4.94. The predicted molar refractivity (Wildman–Crippen MR) is 115 cm³/mol. The molecule has 0 spiro atoms. The van der Waals surface area contributed by atoms with Gasteiger partial charge in [-0.1, -0.05) is 66.7 Å². The largest absolute Gasteiger partial charge is 0.497 e. The maximum Gasteiger partial charge on any atom is 0.338 e. The van der Waals surface area contributed by atoms with E-state index in [2.05, 4.69) is 29.2 Å². The van der Waals surface area contributed by atoms with Gasteiger partial charge in [0.15, 0.2) is 0 Å². The van der Waals surface area contributed by atoms with Crippen molar-refractivity contribution in [2.45, 2.75) is 26.1 Å². The Balaban J connectivity index is 1.66. The van der Waals surface area contributed by atoms with E-state index in [0.717, 1.165) is 13.1 Å². The van der Waals surface area contributed by atoms with Crippen molar-refractivity contribution >= 4 is 5.97 Å². The average Bonchev–Trinajstić information content (AvgIpc) is 2.75. The fourth-order valence-electron chi connectivity index (χ4n) is 3.27. The third-order valence-electron chi connectivity index (χ3n) is 4.63. The van der Waals surface area contributed by atoms with Crippen molar-refractivity contribution in [3.05, 3.63) is 102 Å². The monoisotopic (exact) mass is 389 g/mol. The lowest BCUT2D eigenvalue weighted by Gasteiger charge is -2.26. The molecular weight excluding hydrogens is 362 g/mol. The molecule has 0 N–H and O–H groups in total. The third kappa shape index (κ3) is 6.47. The van der Waals surface area contributed by atoms with Gasteiger partial charge in [0.1, 0.15) is 11.9 Å². The molecule has 3 aromatic carbocycles. The first kappa shape index (κ1) is 20.6. The van der Waals surface area contributed by atoms with Crippen LogP contribution in [0.15, 0.2) is 84.9 Å². The number of carbonyl (C=O) groups is 1. The van der Waals surface area contributed by atoms with Gasteiger partial charge >= 0.3 is 5.97 Å². The van der Waals surface area contributed by atoms with E-state index < -0.39 is 0 Å². The van der Waals surface area contributed by atoms with Gasteiger partial charge in [-0.25, -0.2) is 4.79 Å². The Hall–Kier alpha value is -3.11. The lowest BCUT2D eigenvalue weighted by molar-refractivity contribution is 0.0237. The van der Waals surface area contributed by atoms with Crippen molar-refractivity contribution in [1.82, 2.24) is 4.90 Å². The molecule has 0 amide bonds. The van der Waals surface area contributed by atoms with Crippen molar-refractivity contribution in [2.75, 3.05) is 13.7 Å². The van der Waals surface area contributed by atoms with Crippen LogP contribution in [0.1, 0.15) is 28.4 Å². The molecule has 1 atom stereocenters. The Morgan fingerprint density at radius 1 is 0.862 bits per heavy atom. The summed E-state index contributed by atoms with van der Waals surface area (Å²) in [5, 5.41) is 0. The minimum Gasteiger partial charge on any atom is -0.497 e. The van der Waals surface area contributed by atoms with E-state index in [1.54, 1.807) is 25.3 Å². The Bertz CT molecular complexity index is 855. The van der Waals surface area contributed by atoms with Gasteiger partial charge in [-0.15, -0.1) is 0 Å². The summed E-state index contributed by atoms with van der Waals surface area (Å²) < 4.78 is 10.9. The van der Waals surface area contributed by atoms with E-state index in [4.69, 9.17) is 9.47 Å². The molecule has 3 aromatic rings. The summed E-state index contributed by atoms with van der Waals surface area (Å²) in [6.07, 6.45) is -0.249. The fraction of sp³-hybridized carbons (Fsp3) is 0.240. The van der Waals surface area contributed by atoms with Crippen LogP contribution in [0, 0.1) is 0 Å². The normalized spacial score (nSPS) is 11.8. The van der Waals surface area contributed by atoms with E-state index in [-0.39, 0.29) is 12.1 Å². The first-order chi connectivity index (χ1) is 14.1. The molecule has 0 saturated heterocycles. The van der Waals surface area contributed by atoms with E-state index in [0.29, 0.717) is 17.9 Å². The molecule has 0 saturated carbocycles. The number of ether oxygens (including phenoxy) is 2. The molecule has 0 aliphatic carbocycles. The molecule has 0 fully saturated rings. The zero-order valence-corrected chi connectivity index (χ0v) is 17.0. The topological polar surface area (TPSA) is 38.8 Å². The summed E-state index contributed by atoms with van der Waals surface area (Å²) in [5.74, 6) is 0.303. The molecule has 0 heterocycles. The summed E-state index contributed by atoms with van der Waals surface area (Å²) >= 11 is 0. The van der Waals surface area contributed by atoms with Crippen LogP contribution in [0.3, 0.4) is 0 Å². The zero-order chi connectivity index (χ0) is 20.5. The Morgan fingerprint density at radius 3 is 2.00 bits per heavy atom. The van der Waals surface area contributed by atoms with Crippen molar-refractivity contribution in [3.63, 3.8) is 0 Å². The van der Waals surface area contributed by atoms with Crippen LogP contribution in [-0.4, -0.2) is 30.6 Å². The summed E-state index contributed by atoms with van der Waals surface area (Å²) in [5.41, 5.74) is 2.96. The van der Waals surface area contributed by atoms with E-state index in [9.17, 15) is 4.79 Å². The van der Waals surface area contributed by atoms with Gasteiger partial charge in [-0.3, -0.25) is 4.90 Å². The molecule has 3 rings (SSSR count). The minimum absolute atomic E-state index is 0.249. The van der Waals surface area contributed by atoms with Gasteiger partial charge in [-0.05, 0) is 36.2 Å². The highest BCUT2D eigenvalue weighted by atomic mass is 16.5. The minimum atomic E-state index is -0.337. The van der Waals surface area contributed by atoms with Crippen molar-refractivity contribution < 1.29 is 14.3 Å². The standard InChI is InChI=1S/C25H27NO3/c1-20(29-25(27)23-14-9-15-24(16-23)28-2)17-26(18-21-10-5-3-6-11-21)19-22-12-7-4-8-13-22/h3-16,20H,17-19H2,1-2H3. The van der Waals surface area contributed by atoms with Gasteiger partial charge in [0.25, 0.3) is 0 Å². The van der Waals surface area contributed by atoms with E-state index in [1.807, 2.05) is 49.4 Å². The zero-order valence-electron chi connectivity index (χ0n) is 17.0. The van der Waals surface area contributed by atoms with Crippen LogP contribution in [0.5, 0.6) is 5.75 Å². The van der Waals surface area contributed by atoms with E-state index >= 15 is 0 Å². The van der Waals surface area contributed by atoms with E-state index in [1.165, 1.54) is 11.1 Å².